The van der Waals surface area contributed by atoms with Crippen LogP contribution in [0.4, 0.5) is 0 Å². The van der Waals surface area contributed by atoms with Gasteiger partial charge in [0.2, 0.25) is 0 Å². The molecule has 0 fully saturated rings. The lowest BCUT2D eigenvalue weighted by Gasteiger charge is -2.09. The lowest BCUT2D eigenvalue weighted by molar-refractivity contribution is 0.0977. The van der Waals surface area contributed by atoms with E-state index in [1.165, 1.54) is 23.2 Å². The second-order valence-corrected chi connectivity index (χ2v) is 8.52. The van der Waals surface area contributed by atoms with E-state index in [4.69, 9.17) is 23.2 Å². The Bertz CT molecular complexity index is 1120. The Labute approximate surface area is 166 Å². The van der Waals surface area contributed by atoms with Gasteiger partial charge in [-0.3, -0.25) is 4.79 Å². The second kappa shape index (κ2) is 7.34. The van der Waals surface area contributed by atoms with Gasteiger partial charge in [0, 0.05) is 21.9 Å². The van der Waals surface area contributed by atoms with E-state index in [9.17, 15) is 13.2 Å². The summed E-state index contributed by atoms with van der Waals surface area (Å²) in [5.41, 5.74) is 1.85. The molecular formula is C18H15Cl2N3O3S. The van der Waals surface area contributed by atoms with E-state index in [1.807, 2.05) is 4.72 Å². The Morgan fingerprint density at radius 2 is 1.74 bits per heavy atom. The number of nitrogens with zero attached hydrogens (tertiary/aromatic N) is 2. The van der Waals surface area contributed by atoms with Gasteiger partial charge in [-0.2, -0.15) is 0 Å². The first-order valence-corrected chi connectivity index (χ1v) is 10.0. The Morgan fingerprint density at radius 3 is 2.41 bits per heavy atom. The molecule has 1 N–H and O–H groups in total. The zero-order valence-electron chi connectivity index (χ0n) is 14.4. The molecule has 0 aliphatic heterocycles. The van der Waals surface area contributed by atoms with E-state index in [0.29, 0.717) is 21.3 Å². The number of aromatic nitrogens is 2. The molecule has 0 saturated heterocycles. The molecule has 0 aliphatic carbocycles. The minimum absolute atomic E-state index is 0.0527. The van der Waals surface area contributed by atoms with Crippen molar-refractivity contribution in [3.63, 3.8) is 0 Å². The summed E-state index contributed by atoms with van der Waals surface area (Å²) in [6.07, 6.45) is 2.78. The van der Waals surface area contributed by atoms with Gasteiger partial charge >= 0.3 is 0 Å². The molecule has 6 nitrogen and oxygen atoms in total. The van der Waals surface area contributed by atoms with Crippen LogP contribution in [0.1, 0.15) is 21.6 Å². The fourth-order valence-electron chi connectivity index (χ4n) is 2.50. The first kappa shape index (κ1) is 19.4. The molecule has 1 aromatic heterocycles. The molecule has 1 amide bonds. The first-order valence-electron chi connectivity index (χ1n) is 7.80. The van der Waals surface area contributed by atoms with Crippen LogP contribution < -0.4 is 4.72 Å². The topological polar surface area (TPSA) is 81.1 Å². The number of rotatable bonds is 4. The number of hydrogen-bond acceptors (Lipinski definition) is 4. The quantitative estimate of drug-likeness (QED) is 0.689. The maximum absolute atomic E-state index is 12.6. The summed E-state index contributed by atoms with van der Waals surface area (Å²) in [5.74, 6) is -0.831. The van der Waals surface area contributed by atoms with Gasteiger partial charge in [0.25, 0.3) is 15.9 Å². The summed E-state index contributed by atoms with van der Waals surface area (Å²) in [6.45, 7) is 3.44. The van der Waals surface area contributed by atoms with Crippen LogP contribution in [-0.2, 0) is 10.0 Å². The van der Waals surface area contributed by atoms with Crippen LogP contribution in [0.2, 0.25) is 10.0 Å². The molecule has 3 aromatic rings. The Hall–Kier alpha value is -2.35. The highest BCUT2D eigenvalue weighted by Gasteiger charge is 2.22. The Kier molecular flexibility index (Phi) is 5.28. The average Bonchev–Trinajstić information content (AvgIpc) is 3.06. The molecule has 0 bridgehead atoms. The van der Waals surface area contributed by atoms with E-state index >= 15 is 0 Å². The van der Waals surface area contributed by atoms with Gasteiger partial charge in [-0.15, -0.1) is 0 Å². The molecule has 0 unspecified atom stereocenters. The Morgan fingerprint density at radius 1 is 1.07 bits per heavy atom. The highest BCUT2D eigenvalue weighted by Crippen LogP contribution is 2.22. The fourth-order valence-corrected chi connectivity index (χ4v) is 4.30. The van der Waals surface area contributed by atoms with Crippen molar-refractivity contribution < 1.29 is 13.2 Å². The molecule has 2 aromatic carbocycles. The minimum Gasteiger partial charge on any atom is -0.305 e. The number of carbonyl (C=O) groups excluding carboxylic acids is 1. The van der Waals surface area contributed by atoms with Gasteiger partial charge in [-0.1, -0.05) is 35.3 Å². The molecule has 3 rings (SSSR count). The molecule has 0 radical (unpaired) electrons. The maximum Gasteiger partial charge on any atom is 0.285 e. The van der Waals surface area contributed by atoms with Crippen molar-refractivity contribution in [2.75, 3.05) is 0 Å². The number of nitrogens with one attached hydrogen (secondary N) is 1. The number of carbonyl (C=O) groups is 1. The van der Waals surface area contributed by atoms with Gasteiger partial charge < -0.3 is 4.57 Å². The molecule has 1 heterocycles. The lowest BCUT2D eigenvalue weighted by Crippen LogP contribution is -2.31. The summed E-state index contributed by atoms with van der Waals surface area (Å²) >= 11 is 12.0. The maximum atomic E-state index is 12.6. The molecule has 27 heavy (non-hydrogen) atoms. The summed E-state index contributed by atoms with van der Waals surface area (Å²) < 4.78 is 28.7. The number of halogens is 2. The number of aryl methyl sites for hydroxylation is 2. The van der Waals surface area contributed by atoms with Gasteiger partial charge in [0.05, 0.1) is 4.90 Å². The Balaban J connectivity index is 1.87. The number of imidazole rings is 1. The van der Waals surface area contributed by atoms with Gasteiger partial charge in [-0.25, -0.2) is 18.1 Å². The van der Waals surface area contributed by atoms with Crippen molar-refractivity contribution in [3.8, 4) is 5.69 Å². The number of sulfonamides is 1. The fraction of sp³-hybridized carbons (Fsp3) is 0.111. The normalized spacial score (nSPS) is 11.4. The van der Waals surface area contributed by atoms with E-state index in [-0.39, 0.29) is 10.6 Å². The predicted octanol–water partition coefficient (Wildman–Crippen LogP) is 3.91. The number of benzene rings is 2. The van der Waals surface area contributed by atoms with Crippen molar-refractivity contribution in [2.45, 2.75) is 18.7 Å². The summed E-state index contributed by atoms with van der Waals surface area (Å²) in [6, 6.07) is 9.86. The third-order valence-electron chi connectivity index (χ3n) is 3.82. The van der Waals surface area contributed by atoms with E-state index < -0.39 is 15.9 Å². The van der Waals surface area contributed by atoms with Crippen LogP contribution >= 0.6 is 23.2 Å². The standard InChI is InChI=1S/C18H15Cl2N3O3S/c1-11-3-4-12(2)17(5-11)27(25,26)22-18(24)16-9-23(10-21-16)15-7-13(19)6-14(20)8-15/h3-10H,1-2H3,(H,22,24). The van der Waals surface area contributed by atoms with Crippen molar-refractivity contribution >= 4 is 39.1 Å². The molecule has 0 atom stereocenters. The van der Waals surface area contributed by atoms with Gasteiger partial charge in [-0.05, 0) is 49.2 Å². The zero-order chi connectivity index (χ0) is 19.8. The SMILES string of the molecule is Cc1ccc(C)c(S(=O)(=O)NC(=O)c2cn(-c3cc(Cl)cc(Cl)c3)cn2)c1. The molecule has 0 aliphatic rings. The van der Waals surface area contributed by atoms with E-state index in [1.54, 1.807) is 44.2 Å². The van der Waals surface area contributed by atoms with Crippen LogP contribution in [0.5, 0.6) is 0 Å². The predicted molar refractivity (Wildman–Crippen MR) is 104 cm³/mol. The first-order chi connectivity index (χ1) is 12.7. The third-order valence-corrected chi connectivity index (χ3v) is 5.73. The van der Waals surface area contributed by atoms with Crippen molar-refractivity contribution in [2.24, 2.45) is 0 Å². The summed E-state index contributed by atoms with van der Waals surface area (Å²) in [5, 5.41) is 0.851. The van der Waals surface area contributed by atoms with Crippen molar-refractivity contribution in [1.29, 1.82) is 0 Å². The highest BCUT2D eigenvalue weighted by molar-refractivity contribution is 7.90. The van der Waals surface area contributed by atoms with Crippen molar-refractivity contribution in [3.05, 3.63) is 75.8 Å². The second-order valence-electron chi connectivity index (χ2n) is 6.00. The van der Waals surface area contributed by atoms with Gasteiger partial charge in [0.1, 0.15) is 12.0 Å². The highest BCUT2D eigenvalue weighted by atomic mass is 35.5. The monoisotopic (exact) mass is 423 g/mol. The van der Waals surface area contributed by atoms with Crippen LogP contribution in [0.15, 0.2) is 53.8 Å². The van der Waals surface area contributed by atoms with Crippen molar-refractivity contribution in [1.82, 2.24) is 14.3 Å². The van der Waals surface area contributed by atoms with Gasteiger partial charge in [0.15, 0.2) is 0 Å². The molecule has 140 valence electrons. The van der Waals surface area contributed by atoms with Crippen LogP contribution in [-0.4, -0.2) is 23.9 Å². The van der Waals surface area contributed by atoms with E-state index in [0.717, 1.165) is 5.56 Å². The largest absolute Gasteiger partial charge is 0.305 e. The average molecular weight is 424 g/mol. The summed E-state index contributed by atoms with van der Waals surface area (Å²) in [7, 11) is -4.02. The molecule has 0 saturated carbocycles. The summed E-state index contributed by atoms with van der Waals surface area (Å²) in [4.78, 5) is 16.4. The lowest BCUT2D eigenvalue weighted by atomic mass is 10.2. The molecular weight excluding hydrogens is 409 g/mol. The van der Waals surface area contributed by atoms with E-state index in [2.05, 4.69) is 4.98 Å². The molecule has 9 heteroatoms. The zero-order valence-corrected chi connectivity index (χ0v) is 16.7. The third kappa shape index (κ3) is 4.32. The number of amides is 1. The smallest absolute Gasteiger partial charge is 0.285 e. The van der Waals surface area contributed by atoms with Crippen LogP contribution in [0.3, 0.4) is 0 Å². The van der Waals surface area contributed by atoms with Crippen LogP contribution in [0, 0.1) is 13.8 Å². The number of hydrogen-bond donors (Lipinski definition) is 1. The minimum atomic E-state index is -4.02. The van der Waals surface area contributed by atoms with Crippen LogP contribution in [0.25, 0.3) is 5.69 Å². The molecule has 0 spiro atoms.